The number of hydrogen-bond acceptors (Lipinski definition) is 3. The SMILES string of the molecule is COc1ccc(C(C)NCCc2cccs2)c(F)c1. The Balaban J connectivity index is 1.90. The summed E-state index contributed by atoms with van der Waals surface area (Å²) in [6, 6.07) is 9.14. The number of benzene rings is 1. The minimum absolute atomic E-state index is 0.00846. The van der Waals surface area contributed by atoms with Crippen molar-refractivity contribution in [1.29, 1.82) is 0 Å². The van der Waals surface area contributed by atoms with Crippen molar-refractivity contribution in [3.05, 3.63) is 52.0 Å². The van der Waals surface area contributed by atoms with Crippen LogP contribution in [0.1, 0.15) is 23.4 Å². The van der Waals surface area contributed by atoms with Crippen LogP contribution in [-0.2, 0) is 6.42 Å². The van der Waals surface area contributed by atoms with E-state index in [-0.39, 0.29) is 11.9 Å². The minimum Gasteiger partial charge on any atom is -0.497 e. The van der Waals surface area contributed by atoms with Gasteiger partial charge in [0.1, 0.15) is 11.6 Å². The van der Waals surface area contributed by atoms with Crippen LogP contribution in [-0.4, -0.2) is 13.7 Å². The largest absolute Gasteiger partial charge is 0.497 e. The normalized spacial score (nSPS) is 12.4. The van der Waals surface area contributed by atoms with Gasteiger partial charge in [0.05, 0.1) is 7.11 Å². The molecule has 0 aliphatic heterocycles. The molecule has 0 aliphatic carbocycles. The lowest BCUT2D eigenvalue weighted by atomic mass is 10.1. The molecule has 19 heavy (non-hydrogen) atoms. The Labute approximate surface area is 117 Å². The summed E-state index contributed by atoms with van der Waals surface area (Å²) in [5, 5.41) is 5.41. The first-order valence-electron chi connectivity index (χ1n) is 6.30. The molecule has 2 aromatic rings. The number of ether oxygens (including phenoxy) is 1. The molecule has 0 spiro atoms. The highest BCUT2D eigenvalue weighted by Crippen LogP contribution is 2.21. The molecule has 0 radical (unpaired) electrons. The first-order valence-corrected chi connectivity index (χ1v) is 7.18. The fraction of sp³-hybridized carbons (Fsp3) is 0.333. The van der Waals surface area contributed by atoms with Gasteiger partial charge in [-0.05, 0) is 30.9 Å². The third-order valence-corrected chi connectivity index (χ3v) is 4.01. The van der Waals surface area contributed by atoms with E-state index in [0.717, 1.165) is 13.0 Å². The molecule has 0 saturated carbocycles. The summed E-state index contributed by atoms with van der Waals surface area (Å²) in [7, 11) is 1.54. The first-order chi connectivity index (χ1) is 9.20. The monoisotopic (exact) mass is 279 g/mol. The fourth-order valence-corrected chi connectivity index (χ4v) is 2.67. The summed E-state index contributed by atoms with van der Waals surface area (Å²) >= 11 is 1.75. The van der Waals surface area contributed by atoms with Gasteiger partial charge in [-0.3, -0.25) is 0 Å². The van der Waals surface area contributed by atoms with Crippen LogP contribution in [0.4, 0.5) is 4.39 Å². The highest BCUT2D eigenvalue weighted by atomic mass is 32.1. The molecular formula is C15H18FNOS. The summed E-state index contributed by atoms with van der Waals surface area (Å²) < 4.78 is 18.9. The van der Waals surface area contributed by atoms with Gasteiger partial charge in [-0.25, -0.2) is 4.39 Å². The summed E-state index contributed by atoms with van der Waals surface area (Å²) in [4.78, 5) is 1.34. The van der Waals surface area contributed by atoms with E-state index in [0.29, 0.717) is 11.3 Å². The molecule has 2 rings (SSSR count). The number of methoxy groups -OCH3 is 1. The van der Waals surface area contributed by atoms with E-state index in [2.05, 4.69) is 16.8 Å². The van der Waals surface area contributed by atoms with Crippen LogP contribution >= 0.6 is 11.3 Å². The van der Waals surface area contributed by atoms with Crippen molar-refractivity contribution in [2.24, 2.45) is 0 Å². The highest BCUT2D eigenvalue weighted by molar-refractivity contribution is 7.09. The highest BCUT2D eigenvalue weighted by Gasteiger charge is 2.11. The zero-order chi connectivity index (χ0) is 13.7. The van der Waals surface area contributed by atoms with Crippen LogP contribution in [0, 0.1) is 5.82 Å². The van der Waals surface area contributed by atoms with E-state index >= 15 is 0 Å². The van der Waals surface area contributed by atoms with Crippen LogP contribution < -0.4 is 10.1 Å². The maximum Gasteiger partial charge on any atom is 0.131 e. The van der Waals surface area contributed by atoms with Gasteiger partial charge < -0.3 is 10.1 Å². The average molecular weight is 279 g/mol. The molecule has 102 valence electrons. The van der Waals surface area contributed by atoms with Crippen LogP contribution in [0.15, 0.2) is 35.7 Å². The number of rotatable bonds is 6. The molecule has 4 heteroatoms. The van der Waals surface area contributed by atoms with Gasteiger partial charge in [0.25, 0.3) is 0 Å². The standard InChI is InChI=1S/C15H18FNOS/c1-11(17-8-7-13-4-3-9-19-13)14-6-5-12(18-2)10-15(14)16/h3-6,9-11,17H,7-8H2,1-2H3. The van der Waals surface area contributed by atoms with Crippen molar-refractivity contribution in [1.82, 2.24) is 5.32 Å². The second kappa shape index (κ2) is 6.68. The summed E-state index contributed by atoms with van der Waals surface area (Å²) in [6.07, 6.45) is 0.972. The Morgan fingerprint density at radius 3 is 2.84 bits per heavy atom. The summed E-state index contributed by atoms with van der Waals surface area (Å²) in [6.45, 7) is 2.81. The van der Waals surface area contributed by atoms with Gasteiger partial charge in [0, 0.05) is 29.1 Å². The Bertz CT molecular complexity index is 513. The first kappa shape index (κ1) is 14.0. The summed E-state index contributed by atoms with van der Waals surface area (Å²) in [5.74, 6) is 0.322. The Kier molecular flexibility index (Phi) is 4.93. The zero-order valence-corrected chi connectivity index (χ0v) is 12.0. The van der Waals surface area contributed by atoms with Crippen LogP contribution in [0.3, 0.4) is 0 Å². The Morgan fingerprint density at radius 2 is 2.21 bits per heavy atom. The molecule has 2 nitrogen and oxygen atoms in total. The van der Waals surface area contributed by atoms with Crippen molar-refractivity contribution >= 4 is 11.3 Å². The Hall–Kier alpha value is -1.39. The third kappa shape index (κ3) is 3.78. The second-order valence-electron chi connectivity index (χ2n) is 4.39. The topological polar surface area (TPSA) is 21.3 Å². The fourth-order valence-electron chi connectivity index (χ4n) is 1.96. The molecule has 1 unspecified atom stereocenters. The lowest BCUT2D eigenvalue weighted by Gasteiger charge is -2.15. The smallest absolute Gasteiger partial charge is 0.131 e. The molecule has 0 saturated heterocycles. The molecule has 0 bridgehead atoms. The van der Waals surface area contributed by atoms with E-state index in [1.807, 2.05) is 13.0 Å². The molecule has 1 heterocycles. The van der Waals surface area contributed by atoms with E-state index in [1.54, 1.807) is 23.5 Å². The third-order valence-electron chi connectivity index (χ3n) is 3.08. The van der Waals surface area contributed by atoms with Gasteiger partial charge in [-0.15, -0.1) is 11.3 Å². The van der Waals surface area contributed by atoms with Gasteiger partial charge in [0.15, 0.2) is 0 Å². The molecule has 1 aromatic carbocycles. The molecule has 1 N–H and O–H groups in total. The quantitative estimate of drug-likeness (QED) is 0.868. The summed E-state index contributed by atoms with van der Waals surface area (Å²) in [5.41, 5.74) is 0.673. The predicted molar refractivity (Wildman–Crippen MR) is 77.4 cm³/mol. The maximum atomic E-state index is 13.9. The lowest BCUT2D eigenvalue weighted by molar-refractivity contribution is 0.409. The van der Waals surface area contributed by atoms with Gasteiger partial charge in [0.2, 0.25) is 0 Å². The van der Waals surface area contributed by atoms with Gasteiger partial charge >= 0.3 is 0 Å². The average Bonchev–Trinajstić information content (AvgIpc) is 2.91. The maximum absolute atomic E-state index is 13.9. The van der Waals surface area contributed by atoms with Crippen molar-refractivity contribution in [2.45, 2.75) is 19.4 Å². The van der Waals surface area contributed by atoms with Gasteiger partial charge in [-0.2, -0.15) is 0 Å². The van der Waals surface area contributed by atoms with E-state index in [1.165, 1.54) is 18.1 Å². The number of thiophene rings is 1. The van der Waals surface area contributed by atoms with Gasteiger partial charge in [-0.1, -0.05) is 12.1 Å². The molecular weight excluding hydrogens is 261 g/mol. The molecule has 0 fully saturated rings. The van der Waals surface area contributed by atoms with Crippen molar-refractivity contribution in [3.63, 3.8) is 0 Å². The van der Waals surface area contributed by atoms with E-state index in [9.17, 15) is 4.39 Å². The number of halogens is 1. The van der Waals surface area contributed by atoms with E-state index in [4.69, 9.17) is 4.74 Å². The minimum atomic E-state index is -0.226. The van der Waals surface area contributed by atoms with E-state index < -0.39 is 0 Å². The lowest BCUT2D eigenvalue weighted by Crippen LogP contribution is -2.22. The van der Waals surface area contributed by atoms with Crippen molar-refractivity contribution < 1.29 is 9.13 Å². The number of nitrogens with one attached hydrogen (secondary N) is 1. The van der Waals surface area contributed by atoms with Crippen LogP contribution in [0.5, 0.6) is 5.75 Å². The zero-order valence-electron chi connectivity index (χ0n) is 11.2. The predicted octanol–water partition coefficient (Wildman–Crippen LogP) is 3.79. The van der Waals surface area contributed by atoms with Crippen LogP contribution in [0.2, 0.25) is 0 Å². The molecule has 0 amide bonds. The number of hydrogen-bond donors (Lipinski definition) is 1. The van der Waals surface area contributed by atoms with Crippen molar-refractivity contribution in [2.75, 3.05) is 13.7 Å². The van der Waals surface area contributed by atoms with Crippen molar-refractivity contribution in [3.8, 4) is 5.75 Å². The molecule has 0 aliphatic rings. The van der Waals surface area contributed by atoms with Crippen LogP contribution in [0.25, 0.3) is 0 Å². The second-order valence-corrected chi connectivity index (χ2v) is 5.42. The molecule has 1 aromatic heterocycles. The molecule has 1 atom stereocenters. The Morgan fingerprint density at radius 1 is 1.37 bits per heavy atom.